The van der Waals surface area contributed by atoms with Crippen molar-refractivity contribution in [2.45, 2.75) is 31.7 Å². The van der Waals surface area contributed by atoms with Crippen LogP contribution in [0.4, 0.5) is 11.5 Å². The number of anilines is 2. The van der Waals surface area contributed by atoms with Gasteiger partial charge >= 0.3 is 0 Å². The van der Waals surface area contributed by atoms with Crippen LogP contribution < -0.4 is 10.6 Å². The Morgan fingerprint density at radius 1 is 1.32 bits per heavy atom. The lowest BCUT2D eigenvalue weighted by molar-refractivity contribution is -0.117. The third-order valence-corrected chi connectivity index (χ3v) is 4.71. The summed E-state index contributed by atoms with van der Waals surface area (Å²) in [6.45, 7) is 0. The average molecular weight is 277 g/mol. The van der Waals surface area contributed by atoms with Gasteiger partial charge in [-0.15, -0.1) is 0 Å². The summed E-state index contributed by atoms with van der Waals surface area (Å²) in [6, 6.07) is 4.42. The van der Waals surface area contributed by atoms with Crippen LogP contribution in [0.2, 0.25) is 0 Å². The second-order valence-electron chi connectivity index (χ2n) is 5.25. The fourth-order valence-corrected chi connectivity index (χ4v) is 3.29. The lowest BCUT2D eigenvalue weighted by Gasteiger charge is -2.23. The van der Waals surface area contributed by atoms with Gasteiger partial charge < -0.3 is 10.6 Å². The van der Waals surface area contributed by atoms with E-state index in [4.69, 9.17) is 0 Å². The number of aromatic nitrogens is 1. The molecule has 0 unspecified atom stereocenters. The molecular formula is C14H19N3OS. The molecule has 1 aliphatic heterocycles. The van der Waals surface area contributed by atoms with Crippen molar-refractivity contribution in [3.63, 3.8) is 0 Å². The minimum absolute atomic E-state index is 0.108. The summed E-state index contributed by atoms with van der Waals surface area (Å²) >= 11 is 2.00. The fourth-order valence-electron chi connectivity index (χ4n) is 2.22. The molecular weight excluding hydrogens is 258 g/mol. The van der Waals surface area contributed by atoms with Gasteiger partial charge in [0.15, 0.2) is 0 Å². The molecule has 4 nitrogen and oxygen atoms in total. The number of hydrogen-bond acceptors (Lipinski definition) is 4. The molecule has 2 aliphatic rings. The summed E-state index contributed by atoms with van der Waals surface area (Å²) in [6.07, 6.45) is 6.36. The molecule has 102 valence electrons. The summed E-state index contributed by atoms with van der Waals surface area (Å²) in [5.74, 6) is 3.43. The fraction of sp³-hybridized carbons (Fsp3) is 0.571. The third-order valence-electron chi connectivity index (χ3n) is 3.49. The van der Waals surface area contributed by atoms with Crippen LogP contribution in [0, 0.1) is 5.92 Å². The van der Waals surface area contributed by atoms with E-state index < -0.39 is 0 Å². The Bertz CT molecular complexity index is 439. The maximum atomic E-state index is 11.6. The Morgan fingerprint density at radius 3 is 2.84 bits per heavy atom. The number of thioether (sulfide) groups is 1. The molecule has 1 aromatic rings. The number of nitrogens with zero attached hydrogens (tertiary/aromatic N) is 1. The van der Waals surface area contributed by atoms with Crippen LogP contribution in [0.3, 0.4) is 0 Å². The molecule has 0 radical (unpaired) electrons. The second kappa shape index (κ2) is 5.82. The number of amides is 1. The van der Waals surface area contributed by atoms with E-state index in [0.29, 0.717) is 11.9 Å². The third kappa shape index (κ3) is 3.62. The summed E-state index contributed by atoms with van der Waals surface area (Å²) in [5, 5.41) is 6.35. The van der Waals surface area contributed by atoms with Crippen LogP contribution in [-0.4, -0.2) is 28.4 Å². The van der Waals surface area contributed by atoms with Crippen LogP contribution in [0.1, 0.15) is 25.7 Å². The van der Waals surface area contributed by atoms with E-state index in [9.17, 15) is 4.79 Å². The Labute approximate surface area is 117 Å². The zero-order valence-corrected chi connectivity index (χ0v) is 11.7. The number of hydrogen-bond donors (Lipinski definition) is 2. The van der Waals surface area contributed by atoms with Gasteiger partial charge in [-0.2, -0.15) is 11.8 Å². The summed E-state index contributed by atoms with van der Waals surface area (Å²) in [7, 11) is 0. The highest BCUT2D eigenvalue weighted by atomic mass is 32.2. The maximum absolute atomic E-state index is 11.6. The van der Waals surface area contributed by atoms with Gasteiger partial charge in [-0.05, 0) is 43.6 Å². The van der Waals surface area contributed by atoms with Gasteiger partial charge in [-0.25, -0.2) is 4.98 Å². The van der Waals surface area contributed by atoms with E-state index in [0.717, 1.165) is 18.5 Å². The van der Waals surface area contributed by atoms with Gasteiger partial charge in [0.2, 0.25) is 5.91 Å². The Balaban J connectivity index is 1.54. The van der Waals surface area contributed by atoms with E-state index in [1.54, 1.807) is 0 Å². The topological polar surface area (TPSA) is 54.0 Å². The van der Waals surface area contributed by atoms with Crippen molar-refractivity contribution in [2.75, 3.05) is 22.1 Å². The van der Waals surface area contributed by atoms with E-state index in [1.165, 1.54) is 24.3 Å². The predicted octanol–water partition coefficient (Wildman–Crippen LogP) is 2.74. The van der Waals surface area contributed by atoms with E-state index in [2.05, 4.69) is 15.6 Å². The molecule has 1 aliphatic carbocycles. The number of carbonyl (C=O) groups is 1. The summed E-state index contributed by atoms with van der Waals surface area (Å²) < 4.78 is 0. The quantitative estimate of drug-likeness (QED) is 0.888. The molecule has 2 heterocycles. The van der Waals surface area contributed by atoms with Crippen LogP contribution in [-0.2, 0) is 4.79 Å². The van der Waals surface area contributed by atoms with E-state index in [-0.39, 0.29) is 11.8 Å². The highest BCUT2D eigenvalue weighted by molar-refractivity contribution is 7.99. The Kier molecular flexibility index (Phi) is 3.92. The molecule has 0 aromatic carbocycles. The van der Waals surface area contributed by atoms with Crippen LogP contribution >= 0.6 is 11.8 Å². The molecule has 1 amide bonds. The highest BCUT2D eigenvalue weighted by Crippen LogP contribution is 2.30. The molecule has 2 N–H and O–H groups in total. The number of nitrogens with one attached hydrogen (secondary N) is 2. The van der Waals surface area contributed by atoms with Gasteiger partial charge in [0, 0.05) is 17.7 Å². The number of pyridine rings is 1. The van der Waals surface area contributed by atoms with E-state index >= 15 is 0 Å². The first-order valence-corrected chi connectivity index (χ1v) is 8.08. The lowest BCUT2D eigenvalue weighted by atomic mass is 10.2. The minimum Gasteiger partial charge on any atom is -0.380 e. The molecule has 0 spiro atoms. The molecule has 1 saturated carbocycles. The van der Waals surface area contributed by atoms with Gasteiger partial charge in [-0.3, -0.25) is 4.79 Å². The molecule has 1 saturated heterocycles. The lowest BCUT2D eigenvalue weighted by Crippen LogP contribution is -2.25. The maximum Gasteiger partial charge on any atom is 0.228 e. The highest BCUT2D eigenvalue weighted by Gasteiger charge is 2.29. The predicted molar refractivity (Wildman–Crippen MR) is 79.6 cm³/mol. The first-order chi connectivity index (χ1) is 9.31. The van der Waals surface area contributed by atoms with Gasteiger partial charge in [-0.1, -0.05) is 0 Å². The van der Waals surface area contributed by atoms with Gasteiger partial charge in [0.05, 0.1) is 11.9 Å². The smallest absolute Gasteiger partial charge is 0.228 e. The molecule has 0 bridgehead atoms. The first-order valence-electron chi connectivity index (χ1n) is 6.92. The average Bonchev–Trinajstić information content (AvgIpc) is 3.27. The van der Waals surface area contributed by atoms with Gasteiger partial charge in [0.25, 0.3) is 0 Å². The molecule has 2 fully saturated rings. The van der Waals surface area contributed by atoms with Crippen molar-refractivity contribution in [3.8, 4) is 0 Å². The van der Waals surface area contributed by atoms with Crippen molar-refractivity contribution in [2.24, 2.45) is 5.92 Å². The summed E-state index contributed by atoms with van der Waals surface area (Å²) in [4.78, 5) is 15.9. The SMILES string of the molecule is O=C(Nc1ccc(N[C@H]2CCCSC2)cn1)C1CC1. The van der Waals surface area contributed by atoms with Crippen molar-refractivity contribution < 1.29 is 4.79 Å². The summed E-state index contributed by atoms with van der Waals surface area (Å²) in [5.41, 5.74) is 1.04. The van der Waals surface area contributed by atoms with Crippen molar-refractivity contribution in [1.82, 2.24) is 4.98 Å². The second-order valence-corrected chi connectivity index (χ2v) is 6.40. The molecule has 19 heavy (non-hydrogen) atoms. The number of rotatable bonds is 4. The first kappa shape index (κ1) is 12.8. The largest absolute Gasteiger partial charge is 0.380 e. The van der Waals surface area contributed by atoms with Crippen molar-refractivity contribution >= 4 is 29.2 Å². The van der Waals surface area contributed by atoms with E-state index in [1.807, 2.05) is 30.1 Å². The molecule has 5 heteroatoms. The normalized spacial score (nSPS) is 22.8. The zero-order chi connectivity index (χ0) is 13.1. The van der Waals surface area contributed by atoms with Crippen molar-refractivity contribution in [1.29, 1.82) is 0 Å². The molecule has 1 atom stereocenters. The molecule has 3 rings (SSSR count). The Morgan fingerprint density at radius 2 is 2.21 bits per heavy atom. The van der Waals surface area contributed by atoms with Gasteiger partial charge in [0.1, 0.15) is 5.82 Å². The monoisotopic (exact) mass is 277 g/mol. The molecule has 1 aromatic heterocycles. The standard InChI is InChI=1S/C14H19N3OS/c18-14(10-3-4-10)17-13-6-5-11(8-15-13)16-12-2-1-7-19-9-12/h5-6,8,10,12,16H,1-4,7,9H2,(H,15,17,18)/t12-/m0/s1. The van der Waals surface area contributed by atoms with Crippen LogP contribution in [0.15, 0.2) is 18.3 Å². The van der Waals surface area contributed by atoms with Crippen LogP contribution in [0.5, 0.6) is 0 Å². The zero-order valence-electron chi connectivity index (χ0n) is 10.9. The van der Waals surface area contributed by atoms with Crippen LogP contribution in [0.25, 0.3) is 0 Å². The van der Waals surface area contributed by atoms with Crippen molar-refractivity contribution in [3.05, 3.63) is 18.3 Å². The number of carbonyl (C=O) groups excluding carboxylic acids is 1. The minimum atomic E-state index is 0.108. The Hall–Kier alpha value is -1.23.